The van der Waals surface area contributed by atoms with E-state index in [-0.39, 0.29) is 13.4 Å². The molecular weight excluding hydrogens is 205 g/mol. The zero-order valence-electron chi connectivity index (χ0n) is 9.72. The normalized spacial score (nSPS) is 29.8. The molecule has 3 unspecified atom stereocenters. The lowest BCUT2D eigenvalue weighted by atomic mass is 9.82. The molecule has 3 N–H and O–H groups in total. The summed E-state index contributed by atoms with van der Waals surface area (Å²) in [5.74, 6) is -0.300. The lowest BCUT2D eigenvalue weighted by molar-refractivity contribution is -0.140. The quantitative estimate of drug-likeness (QED) is 0.347. The summed E-state index contributed by atoms with van der Waals surface area (Å²) in [5.41, 5.74) is 0. The van der Waals surface area contributed by atoms with Gasteiger partial charge >= 0.3 is 5.97 Å². The molecule has 3 atom stereocenters. The van der Waals surface area contributed by atoms with Crippen LogP contribution >= 0.6 is 0 Å². The molecule has 0 saturated carbocycles. The Balaban J connectivity index is 2.57. The highest BCUT2D eigenvalue weighted by Gasteiger charge is 2.37. The number of hydrogen-bond donors (Lipinski definition) is 3. The molecule has 1 rings (SSSR count). The zero-order chi connectivity index (χ0) is 12.0. The smallest absolute Gasteiger partial charge is 0.321 e. The van der Waals surface area contributed by atoms with Crippen LogP contribution in [-0.4, -0.2) is 36.2 Å². The van der Waals surface area contributed by atoms with Gasteiger partial charge in [-0.1, -0.05) is 24.9 Å². The SMILES string of the molecule is C/C=C/C1CNC(C(=O)O)C1CCCBO. The van der Waals surface area contributed by atoms with Gasteiger partial charge in [0.2, 0.25) is 0 Å². The van der Waals surface area contributed by atoms with Crippen molar-refractivity contribution in [2.24, 2.45) is 11.8 Å². The summed E-state index contributed by atoms with van der Waals surface area (Å²) >= 11 is 0. The van der Waals surface area contributed by atoms with Gasteiger partial charge in [-0.05, 0) is 25.2 Å². The second kappa shape index (κ2) is 6.71. The summed E-state index contributed by atoms with van der Waals surface area (Å²) in [6, 6.07) is -0.431. The molecule has 1 aliphatic rings. The number of carbonyl (C=O) groups is 1. The summed E-state index contributed by atoms with van der Waals surface area (Å²) in [6.45, 7) is 2.70. The van der Waals surface area contributed by atoms with Gasteiger partial charge in [0.05, 0.1) is 0 Å². The number of aliphatic carboxylic acids is 1. The molecule has 1 fully saturated rings. The average molecular weight is 225 g/mol. The Hall–Kier alpha value is -0.805. The van der Waals surface area contributed by atoms with E-state index in [2.05, 4.69) is 11.4 Å². The number of allylic oxidation sites excluding steroid dienone is 1. The van der Waals surface area contributed by atoms with E-state index in [9.17, 15) is 4.79 Å². The number of nitrogens with one attached hydrogen (secondary N) is 1. The molecule has 1 saturated heterocycles. The Labute approximate surface area is 97.0 Å². The van der Waals surface area contributed by atoms with Crippen molar-refractivity contribution < 1.29 is 14.9 Å². The van der Waals surface area contributed by atoms with Crippen molar-refractivity contribution in [3.8, 4) is 0 Å². The highest BCUT2D eigenvalue weighted by molar-refractivity contribution is 6.25. The van der Waals surface area contributed by atoms with E-state index < -0.39 is 12.0 Å². The van der Waals surface area contributed by atoms with Gasteiger partial charge in [0.25, 0.3) is 7.48 Å². The van der Waals surface area contributed by atoms with E-state index in [1.807, 2.05) is 13.0 Å². The first-order chi connectivity index (χ1) is 7.70. The van der Waals surface area contributed by atoms with Crippen LogP contribution in [-0.2, 0) is 4.79 Å². The van der Waals surface area contributed by atoms with Gasteiger partial charge in [-0.15, -0.1) is 0 Å². The number of carboxylic acid groups (broad SMARTS) is 1. The highest BCUT2D eigenvalue weighted by atomic mass is 16.4. The van der Waals surface area contributed by atoms with E-state index in [0.29, 0.717) is 5.92 Å². The molecule has 0 aliphatic carbocycles. The van der Waals surface area contributed by atoms with Crippen LogP contribution in [0.15, 0.2) is 12.2 Å². The fraction of sp³-hybridized carbons (Fsp3) is 0.727. The molecule has 0 amide bonds. The topological polar surface area (TPSA) is 69.6 Å². The van der Waals surface area contributed by atoms with Gasteiger partial charge in [0.15, 0.2) is 0 Å². The van der Waals surface area contributed by atoms with Crippen molar-refractivity contribution in [2.45, 2.75) is 32.1 Å². The molecule has 0 aromatic carbocycles. The average Bonchev–Trinajstić information content (AvgIpc) is 2.63. The minimum atomic E-state index is -0.763. The van der Waals surface area contributed by atoms with Crippen LogP contribution in [0.2, 0.25) is 6.32 Å². The Kier molecular flexibility index (Phi) is 5.56. The van der Waals surface area contributed by atoms with Crippen molar-refractivity contribution in [1.29, 1.82) is 0 Å². The molecule has 90 valence electrons. The number of hydrogen-bond acceptors (Lipinski definition) is 3. The van der Waals surface area contributed by atoms with Crippen LogP contribution in [0.3, 0.4) is 0 Å². The third kappa shape index (κ3) is 3.35. The van der Waals surface area contributed by atoms with Crippen molar-refractivity contribution in [2.75, 3.05) is 6.54 Å². The maximum absolute atomic E-state index is 11.1. The molecule has 4 nitrogen and oxygen atoms in total. The predicted molar refractivity (Wildman–Crippen MR) is 64.6 cm³/mol. The van der Waals surface area contributed by atoms with Gasteiger partial charge in [-0.3, -0.25) is 4.79 Å². The molecule has 16 heavy (non-hydrogen) atoms. The minimum Gasteiger partial charge on any atom is -0.480 e. The first kappa shape index (κ1) is 13.3. The van der Waals surface area contributed by atoms with E-state index in [0.717, 1.165) is 25.7 Å². The molecule has 5 heteroatoms. The van der Waals surface area contributed by atoms with Gasteiger partial charge in [-0.2, -0.15) is 0 Å². The van der Waals surface area contributed by atoms with E-state index >= 15 is 0 Å². The highest BCUT2D eigenvalue weighted by Crippen LogP contribution is 2.28. The number of rotatable bonds is 6. The predicted octanol–water partition coefficient (Wildman–Crippen LogP) is 0.394. The van der Waals surface area contributed by atoms with Gasteiger partial charge < -0.3 is 15.4 Å². The minimum absolute atomic E-state index is 0.153. The molecule has 1 aliphatic heterocycles. The maximum atomic E-state index is 11.1. The second-order valence-corrected chi connectivity index (χ2v) is 4.30. The van der Waals surface area contributed by atoms with Gasteiger partial charge in [-0.25, -0.2) is 0 Å². The molecule has 0 radical (unpaired) electrons. The van der Waals surface area contributed by atoms with Crippen LogP contribution in [0.1, 0.15) is 19.8 Å². The lowest BCUT2D eigenvalue weighted by Gasteiger charge is -2.19. The van der Waals surface area contributed by atoms with E-state index in [1.54, 1.807) is 0 Å². The largest absolute Gasteiger partial charge is 0.480 e. The van der Waals surface area contributed by atoms with Gasteiger partial charge in [0.1, 0.15) is 6.04 Å². The summed E-state index contributed by atoms with van der Waals surface area (Å²) in [5, 5.41) is 20.9. The fourth-order valence-corrected chi connectivity index (χ4v) is 2.41. The van der Waals surface area contributed by atoms with E-state index in [4.69, 9.17) is 10.1 Å². The first-order valence-corrected chi connectivity index (χ1v) is 5.90. The maximum Gasteiger partial charge on any atom is 0.321 e. The molecular formula is C11H20BNO3. The molecule has 0 spiro atoms. The Bertz CT molecular complexity index is 258. The van der Waals surface area contributed by atoms with Crippen LogP contribution in [0.25, 0.3) is 0 Å². The monoisotopic (exact) mass is 225 g/mol. The molecule has 1 heterocycles. The number of carboxylic acids is 1. The summed E-state index contributed by atoms with van der Waals surface area (Å²) < 4.78 is 0. The first-order valence-electron chi connectivity index (χ1n) is 5.90. The molecule has 0 bridgehead atoms. The van der Waals surface area contributed by atoms with Crippen LogP contribution in [0.5, 0.6) is 0 Å². The standard InChI is InChI=1S/C11H20BNO3/c1-2-4-8-7-13-10(11(14)15)9(8)5-3-6-12-16/h2,4,8-10,12-13,16H,3,5-7H2,1H3,(H,14,15)/b4-2+. The van der Waals surface area contributed by atoms with Crippen LogP contribution < -0.4 is 5.32 Å². The Morgan fingerprint density at radius 2 is 2.38 bits per heavy atom. The lowest BCUT2D eigenvalue weighted by Crippen LogP contribution is -2.35. The summed E-state index contributed by atoms with van der Waals surface area (Å²) in [4.78, 5) is 11.1. The third-order valence-corrected chi connectivity index (χ3v) is 3.20. The van der Waals surface area contributed by atoms with Crippen molar-refractivity contribution in [3.05, 3.63) is 12.2 Å². The molecule has 0 aromatic heterocycles. The molecule has 0 aromatic rings. The van der Waals surface area contributed by atoms with Crippen LogP contribution in [0.4, 0.5) is 0 Å². The van der Waals surface area contributed by atoms with E-state index in [1.165, 1.54) is 0 Å². The Morgan fingerprint density at radius 3 is 2.94 bits per heavy atom. The Morgan fingerprint density at radius 1 is 1.62 bits per heavy atom. The second-order valence-electron chi connectivity index (χ2n) is 4.30. The zero-order valence-corrected chi connectivity index (χ0v) is 9.72. The van der Waals surface area contributed by atoms with Crippen molar-refractivity contribution in [1.82, 2.24) is 5.32 Å². The third-order valence-electron chi connectivity index (χ3n) is 3.20. The van der Waals surface area contributed by atoms with Crippen molar-refractivity contribution in [3.63, 3.8) is 0 Å². The summed E-state index contributed by atoms with van der Waals surface area (Å²) in [7, 11) is 0.187. The van der Waals surface area contributed by atoms with Gasteiger partial charge in [0, 0.05) is 6.54 Å². The van der Waals surface area contributed by atoms with Crippen molar-refractivity contribution >= 4 is 13.5 Å². The summed E-state index contributed by atoms with van der Waals surface area (Å²) in [6.07, 6.45) is 6.57. The fourth-order valence-electron chi connectivity index (χ4n) is 2.41. The van der Waals surface area contributed by atoms with Crippen LogP contribution in [0, 0.1) is 11.8 Å².